The monoisotopic (exact) mass is 182 g/mol. The molecule has 0 aliphatic rings. The maximum absolute atomic E-state index is 11.0. The summed E-state index contributed by atoms with van der Waals surface area (Å²) < 4.78 is 0. The van der Waals surface area contributed by atoms with Crippen LogP contribution >= 0.6 is 12.6 Å². The quantitative estimate of drug-likeness (QED) is 0.308. The van der Waals surface area contributed by atoms with E-state index >= 15 is 0 Å². The molecule has 1 aromatic rings. The molecular weight excluding hydrogens is 172 g/mol. The van der Waals surface area contributed by atoms with Crippen molar-refractivity contribution in [1.29, 1.82) is 0 Å². The average molecular weight is 182 g/mol. The molecule has 0 fully saturated rings. The van der Waals surface area contributed by atoms with Crippen molar-refractivity contribution in [1.82, 2.24) is 0 Å². The highest BCUT2D eigenvalue weighted by Crippen LogP contribution is 2.09. The van der Waals surface area contributed by atoms with Gasteiger partial charge in [-0.2, -0.15) is 12.6 Å². The molecule has 0 radical (unpaired) electrons. The van der Waals surface area contributed by atoms with E-state index in [9.17, 15) is 4.79 Å². The molecule has 3 nitrogen and oxygen atoms in total. The van der Waals surface area contributed by atoms with Gasteiger partial charge in [0, 0.05) is 0 Å². The number of hydrazine groups is 1. The van der Waals surface area contributed by atoms with Gasteiger partial charge in [0.15, 0.2) is 0 Å². The number of amides is 1. The van der Waals surface area contributed by atoms with Gasteiger partial charge < -0.3 is 0 Å². The van der Waals surface area contributed by atoms with E-state index in [1.165, 1.54) is 0 Å². The summed E-state index contributed by atoms with van der Waals surface area (Å²) in [6, 6.07) is 9.03. The Kier molecular flexibility index (Phi) is 3.13. The molecule has 0 aliphatic carbocycles. The average Bonchev–Trinajstić information content (AvgIpc) is 2.17. The van der Waals surface area contributed by atoms with Crippen molar-refractivity contribution < 1.29 is 4.79 Å². The van der Waals surface area contributed by atoms with Crippen LogP contribution in [0.1, 0.15) is 0 Å². The van der Waals surface area contributed by atoms with E-state index in [4.69, 9.17) is 5.84 Å². The minimum Gasteiger partial charge on any atom is -0.272 e. The number of carbonyl (C=O) groups is 1. The molecule has 0 spiro atoms. The van der Waals surface area contributed by atoms with Gasteiger partial charge in [0.25, 0.3) is 5.91 Å². The number of para-hydroxylation sites is 1. The maximum atomic E-state index is 11.0. The predicted molar refractivity (Wildman–Crippen MR) is 52.0 cm³/mol. The third-order valence-electron chi connectivity index (χ3n) is 1.44. The number of anilines is 1. The molecule has 1 amide bonds. The van der Waals surface area contributed by atoms with Crippen LogP contribution in [0.5, 0.6) is 0 Å². The smallest absolute Gasteiger partial charge is 0.250 e. The predicted octanol–water partition coefficient (Wildman–Crippen LogP) is 0.823. The van der Waals surface area contributed by atoms with Crippen LogP contribution in [-0.4, -0.2) is 11.7 Å². The van der Waals surface area contributed by atoms with Crippen molar-refractivity contribution in [3.63, 3.8) is 0 Å². The van der Waals surface area contributed by atoms with Crippen LogP contribution in [0.4, 0.5) is 5.69 Å². The third-order valence-corrected chi connectivity index (χ3v) is 1.71. The number of nitrogens with zero attached hydrogens (tertiary/aromatic N) is 1. The topological polar surface area (TPSA) is 46.3 Å². The molecule has 0 saturated carbocycles. The zero-order valence-corrected chi connectivity index (χ0v) is 7.37. The second kappa shape index (κ2) is 4.13. The van der Waals surface area contributed by atoms with Gasteiger partial charge in [-0.05, 0) is 12.1 Å². The minimum absolute atomic E-state index is 0.116. The Hall–Kier alpha value is -1.00. The number of hydrogen-bond acceptors (Lipinski definition) is 3. The fourth-order valence-electron chi connectivity index (χ4n) is 0.809. The lowest BCUT2D eigenvalue weighted by Gasteiger charge is -2.14. The van der Waals surface area contributed by atoms with Gasteiger partial charge >= 0.3 is 0 Å². The summed E-state index contributed by atoms with van der Waals surface area (Å²) in [6.45, 7) is 0. The first-order chi connectivity index (χ1) is 5.75. The number of carbonyl (C=O) groups excluding carboxylic acids is 1. The van der Waals surface area contributed by atoms with Gasteiger partial charge in [0.2, 0.25) is 0 Å². The summed E-state index contributed by atoms with van der Waals surface area (Å²) in [5.41, 5.74) is 0.677. The number of thiol groups is 1. The molecule has 0 heterocycles. The lowest BCUT2D eigenvalue weighted by atomic mass is 10.3. The fourth-order valence-corrected chi connectivity index (χ4v) is 0.961. The van der Waals surface area contributed by atoms with Gasteiger partial charge in [0.05, 0.1) is 11.4 Å². The zero-order valence-electron chi connectivity index (χ0n) is 6.47. The molecule has 64 valence electrons. The molecule has 0 aromatic heterocycles. The van der Waals surface area contributed by atoms with E-state index in [2.05, 4.69) is 12.6 Å². The largest absolute Gasteiger partial charge is 0.272 e. The van der Waals surface area contributed by atoms with E-state index in [1.54, 1.807) is 12.1 Å². The Bertz CT molecular complexity index is 263. The Morgan fingerprint density at radius 3 is 2.50 bits per heavy atom. The van der Waals surface area contributed by atoms with Gasteiger partial charge in [-0.3, -0.25) is 4.79 Å². The molecule has 0 bridgehead atoms. The molecule has 1 rings (SSSR count). The van der Waals surface area contributed by atoms with Crippen LogP contribution in [-0.2, 0) is 4.79 Å². The first kappa shape index (κ1) is 9.09. The Morgan fingerprint density at radius 1 is 1.42 bits per heavy atom. The molecule has 0 aliphatic heterocycles. The highest BCUT2D eigenvalue weighted by molar-refractivity contribution is 7.81. The van der Waals surface area contributed by atoms with E-state index in [-0.39, 0.29) is 11.7 Å². The SMILES string of the molecule is NN(C(=O)CS)c1ccccc1. The van der Waals surface area contributed by atoms with Gasteiger partial charge in [-0.25, -0.2) is 10.9 Å². The minimum atomic E-state index is -0.218. The van der Waals surface area contributed by atoms with Gasteiger partial charge in [-0.1, -0.05) is 18.2 Å². The van der Waals surface area contributed by atoms with Crippen LogP contribution < -0.4 is 10.9 Å². The number of hydrogen-bond donors (Lipinski definition) is 2. The van der Waals surface area contributed by atoms with Crippen LogP contribution in [0.3, 0.4) is 0 Å². The highest BCUT2D eigenvalue weighted by Gasteiger charge is 2.07. The molecule has 0 atom stereocenters. The van der Waals surface area contributed by atoms with Gasteiger partial charge in [-0.15, -0.1) is 0 Å². The van der Waals surface area contributed by atoms with Crippen LogP contribution in [0.25, 0.3) is 0 Å². The van der Waals surface area contributed by atoms with Gasteiger partial charge in [0.1, 0.15) is 0 Å². The summed E-state index contributed by atoms with van der Waals surface area (Å²) in [4.78, 5) is 11.0. The molecule has 2 N–H and O–H groups in total. The lowest BCUT2D eigenvalue weighted by Crippen LogP contribution is -2.38. The normalized spacial score (nSPS) is 9.50. The second-order valence-corrected chi connectivity index (χ2v) is 2.57. The van der Waals surface area contributed by atoms with E-state index in [1.807, 2.05) is 18.2 Å². The van der Waals surface area contributed by atoms with Crippen molar-refractivity contribution in [2.24, 2.45) is 5.84 Å². The first-order valence-corrected chi connectivity index (χ1v) is 4.12. The lowest BCUT2D eigenvalue weighted by molar-refractivity contribution is -0.116. The van der Waals surface area contributed by atoms with Crippen LogP contribution in [0.15, 0.2) is 30.3 Å². The van der Waals surface area contributed by atoms with Crippen LogP contribution in [0.2, 0.25) is 0 Å². The summed E-state index contributed by atoms with van der Waals surface area (Å²) in [7, 11) is 0. The Labute approximate surface area is 76.5 Å². The molecule has 4 heteroatoms. The summed E-state index contributed by atoms with van der Waals surface area (Å²) in [5.74, 6) is 5.38. The fraction of sp³-hybridized carbons (Fsp3) is 0.125. The van der Waals surface area contributed by atoms with E-state index in [0.717, 1.165) is 5.01 Å². The Morgan fingerprint density at radius 2 is 2.00 bits per heavy atom. The second-order valence-electron chi connectivity index (χ2n) is 2.26. The number of nitrogens with two attached hydrogens (primary N) is 1. The van der Waals surface area contributed by atoms with E-state index < -0.39 is 0 Å². The number of benzene rings is 1. The molecule has 12 heavy (non-hydrogen) atoms. The Balaban J connectivity index is 2.78. The summed E-state index contributed by atoms with van der Waals surface area (Å²) in [6.07, 6.45) is 0. The molecule has 0 saturated heterocycles. The maximum Gasteiger partial charge on any atom is 0.250 e. The first-order valence-electron chi connectivity index (χ1n) is 3.49. The molecule has 1 aromatic carbocycles. The third kappa shape index (κ3) is 1.99. The molecule has 0 unspecified atom stereocenters. The van der Waals surface area contributed by atoms with Crippen molar-refractivity contribution in [3.8, 4) is 0 Å². The van der Waals surface area contributed by atoms with Crippen molar-refractivity contribution in [3.05, 3.63) is 30.3 Å². The summed E-state index contributed by atoms with van der Waals surface area (Å²) >= 11 is 3.83. The highest BCUT2D eigenvalue weighted by atomic mass is 32.1. The standard InChI is InChI=1S/C8H10N2OS/c9-10(8(11)6-12)7-4-2-1-3-5-7/h1-5,12H,6,9H2. The van der Waals surface area contributed by atoms with Crippen molar-refractivity contribution in [2.45, 2.75) is 0 Å². The summed E-state index contributed by atoms with van der Waals surface area (Å²) in [5, 5.41) is 1.09. The van der Waals surface area contributed by atoms with Crippen molar-refractivity contribution in [2.75, 3.05) is 10.8 Å². The van der Waals surface area contributed by atoms with E-state index in [0.29, 0.717) is 5.69 Å². The number of rotatable bonds is 2. The van der Waals surface area contributed by atoms with Crippen molar-refractivity contribution >= 4 is 24.2 Å². The van der Waals surface area contributed by atoms with Crippen LogP contribution in [0, 0.1) is 0 Å². The molecular formula is C8H10N2OS. The zero-order chi connectivity index (χ0) is 8.97.